The van der Waals surface area contributed by atoms with Crippen LogP contribution in [0.4, 0.5) is 5.82 Å². The number of hydrogen-bond donors (Lipinski definition) is 0. The molecule has 0 atom stereocenters. The van der Waals surface area contributed by atoms with Crippen molar-refractivity contribution in [3.05, 3.63) is 50.8 Å². The summed E-state index contributed by atoms with van der Waals surface area (Å²) in [5.74, 6) is 0.232. The van der Waals surface area contributed by atoms with Gasteiger partial charge in [-0.25, -0.2) is 19.5 Å². The van der Waals surface area contributed by atoms with Crippen molar-refractivity contribution in [2.24, 2.45) is 0 Å². The maximum absolute atomic E-state index is 10.9. The van der Waals surface area contributed by atoms with Crippen molar-refractivity contribution in [2.75, 3.05) is 0 Å². The number of thiophene rings is 1. The number of nitro groups is 1. The molecular weight excluding hydrogens is 416 g/mol. The summed E-state index contributed by atoms with van der Waals surface area (Å²) in [4.78, 5) is 25.1. The van der Waals surface area contributed by atoms with Gasteiger partial charge < -0.3 is 10.1 Å². The second-order valence-corrected chi connectivity index (χ2v) is 8.06. The van der Waals surface area contributed by atoms with Crippen LogP contribution in [0, 0.1) is 24.0 Å². The second-order valence-electron chi connectivity index (χ2n) is 6.65. The smallest absolute Gasteiger partial charge is 0.358 e. The van der Waals surface area contributed by atoms with Gasteiger partial charge in [0.2, 0.25) is 0 Å². The number of rotatable bonds is 4. The fourth-order valence-corrected chi connectivity index (χ4v) is 4.80. The molecule has 10 nitrogen and oxygen atoms in total. The van der Waals surface area contributed by atoms with E-state index in [4.69, 9.17) is 11.6 Å². The molecule has 5 aromatic heterocycles. The highest BCUT2D eigenvalue weighted by molar-refractivity contribution is 7.26. The molecule has 0 radical (unpaired) electrons. The topological polar surface area (TPSA) is 117 Å². The molecule has 5 heterocycles. The summed E-state index contributed by atoms with van der Waals surface area (Å²) in [6, 6.07) is 2.05. The van der Waals surface area contributed by atoms with E-state index >= 15 is 0 Å². The molecule has 0 aliphatic carbocycles. The van der Waals surface area contributed by atoms with E-state index in [-0.39, 0.29) is 10.8 Å². The normalized spacial score (nSPS) is 11.8. The molecule has 12 heteroatoms. The molecule has 0 fully saturated rings. The summed E-state index contributed by atoms with van der Waals surface area (Å²) in [5, 5.41) is 20.3. The van der Waals surface area contributed by atoms with Crippen LogP contribution in [-0.2, 0) is 13.0 Å². The van der Waals surface area contributed by atoms with E-state index in [1.807, 2.05) is 13.0 Å². The Labute approximate surface area is 171 Å². The zero-order valence-electron chi connectivity index (χ0n) is 15.3. The molecule has 0 amide bonds. The summed E-state index contributed by atoms with van der Waals surface area (Å²) in [5.41, 5.74) is 3.68. The quantitative estimate of drug-likeness (QED) is 0.317. The van der Waals surface area contributed by atoms with Crippen molar-refractivity contribution < 1.29 is 4.92 Å². The highest BCUT2D eigenvalue weighted by Crippen LogP contribution is 2.35. The van der Waals surface area contributed by atoms with Gasteiger partial charge in [0, 0.05) is 17.5 Å². The van der Waals surface area contributed by atoms with Crippen LogP contribution in [0.3, 0.4) is 0 Å². The van der Waals surface area contributed by atoms with E-state index in [0.717, 1.165) is 37.3 Å². The average molecular weight is 429 g/mol. The summed E-state index contributed by atoms with van der Waals surface area (Å²) in [6.45, 7) is 4.40. The SMILES string of the molecule is Cc1cc(C)c2c(n1)sc1c2ncn2nc(CCn3cc(Cl)c([N+](=O)[O-])n3)nc12. The van der Waals surface area contributed by atoms with Crippen LogP contribution in [0.5, 0.6) is 0 Å². The first-order chi connectivity index (χ1) is 13.9. The van der Waals surface area contributed by atoms with E-state index < -0.39 is 4.92 Å². The number of hydrogen-bond acceptors (Lipinski definition) is 8. The summed E-state index contributed by atoms with van der Waals surface area (Å²) in [7, 11) is 0. The van der Waals surface area contributed by atoms with E-state index in [2.05, 4.69) is 32.1 Å². The van der Waals surface area contributed by atoms with Crippen LogP contribution >= 0.6 is 22.9 Å². The Morgan fingerprint density at radius 2 is 2.10 bits per heavy atom. The fraction of sp³-hybridized carbons (Fsp3) is 0.235. The van der Waals surface area contributed by atoms with Gasteiger partial charge in [0.1, 0.15) is 15.9 Å². The highest BCUT2D eigenvalue weighted by atomic mass is 35.5. The van der Waals surface area contributed by atoms with Gasteiger partial charge in [0.15, 0.2) is 16.5 Å². The third kappa shape index (κ3) is 2.89. The van der Waals surface area contributed by atoms with Gasteiger partial charge in [-0.2, -0.15) is 4.68 Å². The predicted octanol–water partition coefficient (Wildman–Crippen LogP) is 3.50. The van der Waals surface area contributed by atoms with Crippen molar-refractivity contribution in [1.29, 1.82) is 0 Å². The van der Waals surface area contributed by atoms with Gasteiger partial charge in [0.25, 0.3) is 0 Å². The second kappa shape index (κ2) is 6.42. The molecule has 0 unspecified atom stereocenters. The summed E-state index contributed by atoms with van der Waals surface area (Å²) >= 11 is 7.39. The van der Waals surface area contributed by atoms with Crippen molar-refractivity contribution in [1.82, 2.24) is 34.3 Å². The Kier molecular flexibility index (Phi) is 3.96. The lowest BCUT2D eigenvalue weighted by molar-refractivity contribution is -0.389. The van der Waals surface area contributed by atoms with Crippen LogP contribution in [0.1, 0.15) is 17.1 Å². The van der Waals surface area contributed by atoms with Crippen LogP contribution < -0.4 is 0 Å². The highest BCUT2D eigenvalue weighted by Gasteiger charge is 2.20. The van der Waals surface area contributed by atoms with E-state index in [9.17, 15) is 10.1 Å². The predicted molar refractivity (Wildman–Crippen MR) is 109 cm³/mol. The summed E-state index contributed by atoms with van der Waals surface area (Å²) < 4.78 is 4.00. The maximum Gasteiger partial charge on any atom is 0.408 e. The minimum atomic E-state index is -0.608. The largest absolute Gasteiger partial charge is 0.408 e. The van der Waals surface area contributed by atoms with Gasteiger partial charge in [0.05, 0.1) is 23.4 Å². The van der Waals surface area contributed by atoms with E-state index in [1.54, 1.807) is 22.2 Å². The van der Waals surface area contributed by atoms with Gasteiger partial charge in [-0.3, -0.25) is 0 Å². The molecule has 0 saturated heterocycles. The molecule has 0 spiro atoms. The van der Waals surface area contributed by atoms with Gasteiger partial charge in [-0.05, 0) is 30.4 Å². The van der Waals surface area contributed by atoms with Crippen LogP contribution in [0.25, 0.3) is 26.1 Å². The summed E-state index contributed by atoms with van der Waals surface area (Å²) in [6.07, 6.45) is 3.52. The van der Waals surface area contributed by atoms with Gasteiger partial charge >= 0.3 is 5.82 Å². The van der Waals surface area contributed by atoms with E-state index in [0.29, 0.717) is 18.8 Å². The molecule has 0 aliphatic heterocycles. The Morgan fingerprint density at radius 1 is 1.28 bits per heavy atom. The van der Waals surface area contributed by atoms with Crippen molar-refractivity contribution in [2.45, 2.75) is 26.8 Å². The standard InChI is InChI=1S/C17H13ClN8O2S/c1-8-5-9(2)20-17-12(8)13-14(29-17)16-21-11(22-25(16)7-19-13)3-4-24-6-10(18)15(23-24)26(27)28/h5-7H,3-4H2,1-2H3. The fourth-order valence-electron chi connectivity index (χ4n) is 3.36. The molecule has 5 aromatic rings. The molecule has 0 N–H and O–H groups in total. The lowest BCUT2D eigenvalue weighted by atomic mass is 10.1. The lowest BCUT2D eigenvalue weighted by Gasteiger charge is -1.98. The van der Waals surface area contributed by atoms with Crippen LogP contribution in [0.2, 0.25) is 5.02 Å². The van der Waals surface area contributed by atoms with Crippen LogP contribution in [0.15, 0.2) is 18.6 Å². The first-order valence-corrected chi connectivity index (χ1v) is 9.88. The lowest BCUT2D eigenvalue weighted by Crippen LogP contribution is -2.04. The monoisotopic (exact) mass is 428 g/mol. The molecule has 146 valence electrons. The number of halogens is 1. The Hall–Kier alpha value is -3.18. The zero-order chi connectivity index (χ0) is 20.3. The van der Waals surface area contributed by atoms with Crippen molar-refractivity contribution >= 4 is 54.8 Å². The number of fused-ring (bicyclic) bond motifs is 5. The van der Waals surface area contributed by atoms with Gasteiger partial charge in [-0.15, -0.1) is 16.4 Å². The molecule has 0 aromatic carbocycles. The number of nitrogens with zero attached hydrogens (tertiary/aromatic N) is 8. The number of aromatic nitrogens is 7. The molecule has 0 aliphatic rings. The Bertz CT molecular complexity index is 1440. The molecule has 5 rings (SSSR count). The van der Waals surface area contributed by atoms with Gasteiger partial charge in [-0.1, -0.05) is 11.6 Å². The Morgan fingerprint density at radius 3 is 2.86 bits per heavy atom. The molecule has 0 bridgehead atoms. The molecular formula is C17H13ClN8O2S. The first kappa shape index (κ1) is 17.9. The zero-order valence-corrected chi connectivity index (χ0v) is 16.9. The number of pyridine rings is 1. The van der Waals surface area contributed by atoms with Crippen LogP contribution in [-0.4, -0.2) is 39.3 Å². The minimum absolute atomic E-state index is 0.00677. The third-order valence-corrected chi connectivity index (χ3v) is 5.91. The average Bonchev–Trinajstić information content (AvgIpc) is 3.33. The maximum atomic E-state index is 10.9. The van der Waals surface area contributed by atoms with Crippen molar-refractivity contribution in [3.63, 3.8) is 0 Å². The Balaban J connectivity index is 1.53. The number of aryl methyl sites for hydroxylation is 4. The third-order valence-electron chi connectivity index (χ3n) is 4.57. The molecule has 0 saturated carbocycles. The first-order valence-electron chi connectivity index (χ1n) is 8.69. The minimum Gasteiger partial charge on any atom is -0.358 e. The van der Waals surface area contributed by atoms with Crippen molar-refractivity contribution in [3.8, 4) is 0 Å². The molecule has 29 heavy (non-hydrogen) atoms. The van der Waals surface area contributed by atoms with E-state index in [1.165, 1.54) is 10.9 Å².